The highest BCUT2D eigenvalue weighted by Gasteiger charge is 2.35. The second-order valence-electron chi connectivity index (χ2n) is 7.96. The molecular weight excluding hydrogens is 403 g/mol. The summed E-state index contributed by atoms with van der Waals surface area (Å²) in [5, 5.41) is 3.17. The van der Waals surface area contributed by atoms with Crippen LogP contribution in [0.5, 0.6) is 0 Å². The highest BCUT2D eigenvalue weighted by atomic mass is 35.5. The van der Waals surface area contributed by atoms with Crippen LogP contribution in [0.1, 0.15) is 56.8 Å². The van der Waals surface area contributed by atoms with Gasteiger partial charge in [-0.15, -0.1) is 0 Å². The summed E-state index contributed by atoms with van der Waals surface area (Å²) in [6.07, 6.45) is 0.426. The van der Waals surface area contributed by atoms with Crippen LogP contribution in [-0.2, 0) is 15.9 Å². The van der Waals surface area contributed by atoms with Crippen molar-refractivity contribution in [2.24, 2.45) is 0 Å². The Morgan fingerprint density at radius 1 is 1.41 bits per heavy atom. The summed E-state index contributed by atoms with van der Waals surface area (Å²) in [4.78, 5) is 33.5. The Kier molecular flexibility index (Phi) is 8.27. The molecule has 1 fully saturated rings. The first-order valence-electron chi connectivity index (χ1n) is 9.85. The van der Waals surface area contributed by atoms with Crippen molar-refractivity contribution in [1.82, 2.24) is 20.2 Å². The van der Waals surface area contributed by atoms with Crippen LogP contribution in [0, 0.1) is 0 Å². The summed E-state index contributed by atoms with van der Waals surface area (Å²) in [7, 11) is 0. The molecule has 0 saturated carbocycles. The number of likely N-dealkylation sites (tertiary alicyclic amines) is 1. The molecule has 2 heterocycles. The molecule has 2 atom stereocenters. The number of carbonyl (C=O) groups is 2. The normalized spacial score (nSPS) is 19.9. The Morgan fingerprint density at radius 3 is 2.72 bits per heavy atom. The first-order chi connectivity index (χ1) is 13.6. The number of aryl methyl sites for hydroxylation is 1. The minimum absolute atomic E-state index is 0.129. The van der Waals surface area contributed by atoms with Crippen molar-refractivity contribution >= 4 is 23.6 Å². The number of amides is 2. The van der Waals surface area contributed by atoms with Gasteiger partial charge in [0.15, 0.2) is 11.0 Å². The summed E-state index contributed by atoms with van der Waals surface area (Å²) in [6.45, 7) is 7.65. The molecule has 29 heavy (non-hydrogen) atoms. The number of hydrogen-bond donors (Lipinski definition) is 2. The standard InChI is InChI=1S/C19H30ClFN4O4/c1-5-12-15(20)24-16(22-12)17(26)23-13-7-9-25(18(27)29-19(2,3)4)11-14(13)28-10-6-8-21/h13-14H,5-11H2,1-4H3,(H,22,24)(H,23,26)/t13-,14+/m0/s1. The summed E-state index contributed by atoms with van der Waals surface area (Å²) in [6, 6.07) is -0.352. The van der Waals surface area contributed by atoms with E-state index in [-0.39, 0.29) is 36.6 Å². The molecule has 2 rings (SSSR count). The second-order valence-corrected chi connectivity index (χ2v) is 8.31. The fourth-order valence-corrected chi connectivity index (χ4v) is 3.26. The lowest BCUT2D eigenvalue weighted by molar-refractivity contribution is -0.0346. The molecule has 8 nitrogen and oxygen atoms in total. The van der Waals surface area contributed by atoms with E-state index >= 15 is 0 Å². The molecular formula is C19H30ClFN4O4. The van der Waals surface area contributed by atoms with E-state index in [1.54, 1.807) is 25.7 Å². The van der Waals surface area contributed by atoms with E-state index in [1.807, 2.05) is 6.92 Å². The number of imidazole rings is 1. The lowest BCUT2D eigenvalue weighted by Crippen LogP contribution is -2.57. The van der Waals surface area contributed by atoms with Crippen LogP contribution in [0.15, 0.2) is 0 Å². The Bertz CT molecular complexity index is 707. The zero-order chi connectivity index (χ0) is 21.6. The van der Waals surface area contributed by atoms with E-state index in [9.17, 15) is 14.0 Å². The molecule has 0 aromatic carbocycles. The van der Waals surface area contributed by atoms with Crippen molar-refractivity contribution in [1.29, 1.82) is 0 Å². The first-order valence-corrected chi connectivity index (χ1v) is 10.2. The molecule has 0 unspecified atom stereocenters. The number of H-pyrrole nitrogens is 1. The molecule has 1 aromatic heterocycles. The van der Waals surface area contributed by atoms with Gasteiger partial charge in [-0.2, -0.15) is 0 Å². The van der Waals surface area contributed by atoms with Gasteiger partial charge in [0.25, 0.3) is 5.91 Å². The molecule has 0 aliphatic carbocycles. The van der Waals surface area contributed by atoms with Crippen LogP contribution in [0.2, 0.25) is 5.15 Å². The van der Waals surface area contributed by atoms with Crippen molar-refractivity contribution in [3.63, 3.8) is 0 Å². The molecule has 0 bridgehead atoms. The van der Waals surface area contributed by atoms with Crippen molar-refractivity contribution in [2.75, 3.05) is 26.4 Å². The number of hydrogen-bond acceptors (Lipinski definition) is 5. The quantitative estimate of drug-likeness (QED) is 0.645. The smallest absolute Gasteiger partial charge is 0.410 e. The molecule has 10 heteroatoms. The van der Waals surface area contributed by atoms with E-state index in [1.165, 1.54) is 0 Å². The summed E-state index contributed by atoms with van der Waals surface area (Å²) in [5.74, 6) is -0.273. The fraction of sp³-hybridized carbons (Fsp3) is 0.737. The fourth-order valence-electron chi connectivity index (χ4n) is 3.00. The van der Waals surface area contributed by atoms with E-state index in [4.69, 9.17) is 21.1 Å². The van der Waals surface area contributed by atoms with Gasteiger partial charge in [-0.3, -0.25) is 9.18 Å². The highest BCUT2D eigenvalue weighted by Crippen LogP contribution is 2.19. The zero-order valence-electron chi connectivity index (χ0n) is 17.4. The van der Waals surface area contributed by atoms with Gasteiger partial charge in [-0.1, -0.05) is 18.5 Å². The molecule has 1 saturated heterocycles. The molecule has 0 radical (unpaired) electrons. The maximum absolute atomic E-state index is 12.6. The lowest BCUT2D eigenvalue weighted by Gasteiger charge is -2.39. The van der Waals surface area contributed by atoms with Gasteiger partial charge in [-0.25, -0.2) is 9.78 Å². The molecule has 1 aliphatic rings. The second kappa shape index (κ2) is 10.2. The van der Waals surface area contributed by atoms with Crippen LogP contribution >= 0.6 is 11.6 Å². The molecule has 164 valence electrons. The number of ether oxygens (including phenoxy) is 2. The number of piperidine rings is 1. The average Bonchev–Trinajstić information content (AvgIpc) is 3.02. The number of carbonyl (C=O) groups excluding carboxylic acids is 2. The Morgan fingerprint density at radius 2 is 2.14 bits per heavy atom. The number of nitrogens with zero attached hydrogens (tertiary/aromatic N) is 2. The van der Waals surface area contributed by atoms with Gasteiger partial charge in [0.05, 0.1) is 31.1 Å². The monoisotopic (exact) mass is 432 g/mol. The van der Waals surface area contributed by atoms with E-state index in [0.29, 0.717) is 25.1 Å². The average molecular weight is 433 g/mol. The van der Waals surface area contributed by atoms with Gasteiger partial charge in [0.1, 0.15) is 5.60 Å². The third kappa shape index (κ3) is 6.85. The number of aromatic nitrogens is 2. The Labute approximate surface area is 175 Å². The maximum Gasteiger partial charge on any atom is 0.410 e. The summed E-state index contributed by atoms with van der Waals surface area (Å²) in [5.41, 5.74) is 0.0785. The third-order valence-corrected chi connectivity index (χ3v) is 4.75. The van der Waals surface area contributed by atoms with Gasteiger partial charge >= 0.3 is 6.09 Å². The Hall–Kier alpha value is -1.87. The zero-order valence-corrected chi connectivity index (χ0v) is 18.1. The molecule has 0 spiro atoms. The van der Waals surface area contributed by atoms with E-state index < -0.39 is 30.4 Å². The van der Waals surface area contributed by atoms with Gasteiger partial charge in [0.2, 0.25) is 0 Å². The number of alkyl halides is 1. The minimum Gasteiger partial charge on any atom is -0.444 e. The lowest BCUT2D eigenvalue weighted by atomic mass is 10.0. The first kappa shape index (κ1) is 23.4. The van der Waals surface area contributed by atoms with Crippen LogP contribution in [0.3, 0.4) is 0 Å². The van der Waals surface area contributed by atoms with Crippen LogP contribution in [0.4, 0.5) is 9.18 Å². The summed E-state index contributed by atoms with van der Waals surface area (Å²) >= 11 is 6.01. The molecule has 1 aliphatic heterocycles. The number of halogens is 2. The predicted octanol–water partition coefficient (Wildman–Crippen LogP) is 3.11. The minimum atomic E-state index is -0.609. The van der Waals surface area contributed by atoms with Gasteiger partial charge in [0, 0.05) is 13.2 Å². The molecule has 2 amide bonds. The van der Waals surface area contributed by atoms with E-state index in [0.717, 1.165) is 0 Å². The van der Waals surface area contributed by atoms with Crippen molar-refractivity contribution in [3.05, 3.63) is 16.7 Å². The number of nitrogens with one attached hydrogen (secondary N) is 2. The van der Waals surface area contributed by atoms with Gasteiger partial charge in [-0.05, 0) is 40.0 Å². The predicted molar refractivity (Wildman–Crippen MR) is 107 cm³/mol. The van der Waals surface area contributed by atoms with E-state index in [2.05, 4.69) is 15.3 Å². The Balaban J connectivity index is 2.04. The van der Waals surface area contributed by atoms with Crippen molar-refractivity contribution < 1.29 is 23.5 Å². The molecule has 2 N–H and O–H groups in total. The maximum atomic E-state index is 12.6. The third-order valence-electron chi connectivity index (χ3n) is 4.43. The van der Waals surface area contributed by atoms with Crippen LogP contribution in [0.25, 0.3) is 0 Å². The van der Waals surface area contributed by atoms with Gasteiger partial charge < -0.3 is 24.7 Å². The highest BCUT2D eigenvalue weighted by molar-refractivity contribution is 6.30. The SMILES string of the molecule is CCc1[nH]c(C(=O)N[C@H]2CCN(C(=O)OC(C)(C)C)C[C@H]2OCCCF)nc1Cl. The molecule has 1 aromatic rings. The van der Waals surface area contributed by atoms with Crippen molar-refractivity contribution in [2.45, 2.75) is 64.7 Å². The van der Waals surface area contributed by atoms with Crippen LogP contribution < -0.4 is 5.32 Å². The summed E-state index contributed by atoms with van der Waals surface area (Å²) < 4.78 is 23.7. The van der Waals surface area contributed by atoms with Crippen LogP contribution in [-0.4, -0.2) is 71.0 Å². The largest absolute Gasteiger partial charge is 0.444 e. The van der Waals surface area contributed by atoms with Crippen molar-refractivity contribution in [3.8, 4) is 0 Å². The number of aromatic amines is 1. The number of rotatable bonds is 7. The topological polar surface area (TPSA) is 96.6 Å².